The summed E-state index contributed by atoms with van der Waals surface area (Å²) in [6.07, 6.45) is 1.71. The van der Waals surface area contributed by atoms with Crippen molar-refractivity contribution in [1.29, 1.82) is 5.26 Å². The van der Waals surface area contributed by atoms with E-state index in [0.717, 1.165) is 0 Å². The first-order chi connectivity index (χ1) is 7.81. The molecule has 0 aliphatic heterocycles. The van der Waals surface area contributed by atoms with Gasteiger partial charge in [0.05, 0.1) is 18.2 Å². The van der Waals surface area contributed by atoms with Gasteiger partial charge in [0.25, 0.3) is 5.56 Å². The Morgan fingerprint density at radius 2 is 2.25 bits per heavy atom. The number of aromatic nitrogens is 3. The number of pyridine rings is 1. The fraction of sp³-hybridized carbons (Fsp3) is 0.0909. The molecule has 0 fully saturated rings. The van der Waals surface area contributed by atoms with E-state index in [1.165, 1.54) is 0 Å². The second-order valence-electron chi connectivity index (χ2n) is 3.16. The van der Waals surface area contributed by atoms with Gasteiger partial charge < -0.3 is 0 Å². The summed E-state index contributed by atoms with van der Waals surface area (Å²) in [7, 11) is 0. The van der Waals surface area contributed by atoms with E-state index in [9.17, 15) is 4.79 Å². The third-order valence-corrected chi connectivity index (χ3v) is 2.08. The maximum absolute atomic E-state index is 11.3. The molecule has 0 bridgehead atoms. The minimum absolute atomic E-state index is 0.0671. The van der Waals surface area contributed by atoms with E-state index in [-0.39, 0.29) is 12.0 Å². The molecule has 0 aliphatic carbocycles. The molecule has 2 aromatic rings. The number of hydrogen-bond acceptors (Lipinski definition) is 4. The minimum atomic E-state index is -0.332. The highest BCUT2D eigenvalue weighted by Gasteiger charge is 2.05. The summed E-state index contributed by atoms with van der Waals surface area (Å²) in [4.78, 5) is 15.4. The van der Waals surface area contributed by atoms with Gasteiger partial charge in [0.1, 0.15) is 5.69 Å². The molecule has 0 amide bonds. The highest BCUT2D eigenvalue weighted by atomic mass is 16.1. The van der Waals surface area contributed by atoms with Gasteiger partial charge in [0, 0.05) is 11.8 Å². The molecule has 2 aromatic heterocycles. The first kappa shape index (κ1) is 10.1. The maximum atomic E-state index is 11.3. The summed E-state index contributed by atoms with van der Waals surface area (Å²) in [5.41, 5.74) is 1.29. The van der Waals surface area contributed by atoms with Crippen molar-refractivity contribution in [2.45, 2.75) is 6.42 Å². The smallest absolute Gasteiger partial charge is 0.268 e. The molecular weight excluding hydrogens is 204 g/mol. The van der Waals surface area contributed by atoms with E-state index < -0.39 is 0 Å². The Morgan fingerprint density at radius 3 is 2.94 bits per heavy atom. The van der Waals surface area contributed by atoms with Gasteiger partial charge in [-0.1, -0.05) is 6.07 Å². The Bertz CT molecular complexity index is 583. The van der Waals surface area contributed by atoms with Gasteiger partial charge in [-0.2, -0.15) is 10.4 Å². The van der Waals surface area contributed by atoms with Crippen LogP contribution < -0.4 is 5.56 Å². The molecular formula is C11H8N4O. The van der Waals surface area contributed by atoms with E-state index in [2.05, 4.69) is 15.2 Å². The monoisotopic (exact) mass is 212 g/mol. The van der Waals surface area contributed by atoms with Gasteiger partial charge in [-0.15, -0.1) is 0 Å². The number of nitrogens with one attached hydrogen (secondary N) is 1. The summed E-state index contributed by atoms with van der Waals surface area (Å²) in [6.45, 7) is 0. The molecule has 0 atom stereocenters. The second-order valence-corrected chi connectivity index (χ2v) is 3.16. The summed E-state index contributed by atoms with van der Waals surface area (Å²) < 4.78 is 0. The number of hydrogen-bond donors (Lipinski definition) is 1. The van der Waals surface area contributed by atoms with Crippen molar-refractivity contribution >= 4 is 0 Å². The van der Waals surface area contributed by atoms with Crippen molar-refractivity contribution in [2.24, 2.45) is 0 Å². The van der Waals surface area contributed by atoms with E-state index in [4.69, 9.17) is 5.26 Å². The molecule has 0 unspecified atom stereocenters. The lowest BCUT2D eigenvalue weighted by Gasteiger charge is -1.99. The van der Waals surface area contributed by atoms with Gasteiger partial charge in [-0.3, -0.25) is 9.78 Å². The molecule has 0 radical (unpaired) electrons. The lowest BCUT2D eigenvalue weighted by atomic mass is 10.2. The molecule has 0 saturated carbocycles. The molecule has 78 valence electrons. The number of H-pyrrole nitrogens is 1. The van der Waals surface area contributed by atoms with Crippen LogP contribution in [0.25, 0.3) is 11.4 Å². The average molecular weight is 212 g/mol. The van der Waals surface area contributed by atoms with Gasteiger partial charge >= 0.3 is 0 Å². The van der Waals surface area contributed by atoms with Crippen LogP contribution in [-0.2, 0) is 6.42 Å². The first-order valence-electron chi connectivity index (χ1n) is 4.68. The summed E-state index contributed by atoms with van der Waals surface area (Å²) in [6, 6.07) is 8.94. The molecule has 0 spiro atoms. The van der Waals surface area contributed by atoms with Crippen LogP contribution in [0.3, 0.4) is 0 Å². The van der Waals surface area contributed by atoms with Crippen LogP contribution in [-0.4, -0.2) is 15.2 Å². The highest BCUT2D eigenvalue weighted by Crippen LogP contribution is 2.11. The van der Waals surface area contributed by atoms with E-state index in [0.29, 0.717) is 17.0 Å². The average Bonchev–Trinajstić information content (AvgIpc) is 2.33. The Balaban J connectivity index is 2.49. The Labute approximate surface area is 91.4 Å². The van der Waals surface area contributed by atoms with Crippen molar-refractivity contribution in [1.82, 2.24) is 15.2 Å². The van der Waals surface area contributed by atoms with Crippen molar-refractivity contribution in [3.05, 3.63) is 46.4 Å². The molecule has 2 rings (SSSR count). The number of nitriles is 1. The number of nitrogens with zero attached hydrogens (tertiary/aromatic N) is 3. The first-order valence-corrected chi connectivity index (χ1v) is 4.68. The zero-order valence-corrected chi connectivity index (χ0v) is 8.34. The molecule has 5 heteroatoms. The maximum Gasteiger partial charge on any atom is 0.268 e. The predicted octanol–water partition coefficient (Wildman–Crippen LogP) is 0.898. The lowest BCUT2D eigenvalue weighted by Crippen LogP contribution is -2.14. The molecule has 0 aromatic carbocycles. The zero-order valence-electron chi connectivity index (χ0n) is 8.34. The third kappa shape index (κ3) is 1.96. The number of aromatic amines is 1. The molecule has 16 heavy (non-hydrogen) atoms. The van der Waals surface area contributed by atoms with Crippen molar-refractivity contribution in [3.63, 3.8) is 0 Å². The van der Waals surface area contributed by atoms with Gasteiger partial charge in [0.15, 0.2) is 0 Å². The topological polar surface area (TPSA) is 82.4 Å². The molecule has 0 aliphatic rings. The molecule has 1 N–H and O–H groups in total. The second kappa shape index (κ2) is 4.36. The highest BCUT2D eigenvalue weighted by molar-refractivity contribution is 5.53. The van der Waals surface area contributed by atoms with Crippen LogP contribution in [0, 0.1) is 11.3 Å². The largest absolute Gasteiger partial charge is 0.268 e. The van der Waals surface area contributed by atoms with Crippen LogP contribution in [0.1, 0.15) is 5.56 Å². The van der Waals surface area contributed by atoms with Gasteiger partial charge in [-0.05, 0) is 18.2 Å². The van der Waals surface area contributed by atoms with Crippen LogP contribution in [0.15, 0.2) is 35.3 Å². The van der Waals surface area contributed by atoms with Crippen molar-refractivity contribution < 1.29 is 0 Å². The van der Waals surface area contributed by atoms with E-state index in [1.54, 1.807) is 24.4 Å². The quantitative estimate of drug-likeness (QED) is 0.801. The van der Waals surface area contributed by atoms with Crippen LogP contribution in [0.4, 0.5) is 0 Å². The van der Waals surface area contributed by atoms with Crippen molar-refractivity contribution in [3.8, 4) is 17.5 Å². The van der Waals surface area contributed by atoms with Crippen LogP contribution >= 0.6 is 0 Å². The molecule has 5 nitrogen and oxygen atoms in total. The normalized spacial score (nSPS) is 9.69. The van der Waals surface area contributed by atoms with Gasteiger partial charge in [-0.25, -0.2) is 5.10 Å². The zero-order chi connectivity index (χ0) is 11.4. The minimum Gasteiger partial charge on any atom is -0.268 e. The fourth-order valence-electron chi connectivity index (χ4n) is 1.31. The standard InChI is InChI=1S/C11H8N4O/c12-5-4-8-7-10(14-15-11(8)16)9-3-1-2-6-13-9/h1-3,6-7H,4H2,(H,15,16). The number of rotatable bonds is 2. The Kier molecular flexibility index (Phi) is 2.74. The third-order valence-electron chi connectivity index (χ3n) is 2.08. The Morgan fingerprint density at radius 1 is 1.38 bits per heavy atom. The van der Waals surface area contributed by atoms with Gasteiger partial charge in [0.2, 0.25) is 0 Å². The van der Waals surface area contributed by atoms with E-state index in [1.807, 2.05) is 12.1 Å². The van der Waals surface area contributed by atoms with Crippen molar-refractivity contribution in [2.75, 3.05) is 0 Å². The summed E-state index contributed by atoms with van der Waals surface area (Å²) in [5, 5.41) is 14.8. The molecule has 2 heterocycles. The SMILES string of the molecule is N#CCc1cc(-c2ccccn2)n[nH]c1=O. The van der Waals surface area contributed by atoms with E-state index >= 15 is 0 Å². The Hall–Kier alpha value is -2.48. The molecule has 0 saturated heterocycles. The fourth-order valence-corrected chi connectivity index (χ4v) is 1.31. The van der Waals surface area contributed by atoms with Crippen LogP contribution in [0.2, 0.25) is 0 Å². The summed E-state index contributed by atoms with van der Waals surface area (Å²) in [5.74, 6) is 0. The summed E-state index contributed by atoms with van der Waals surface area (Å²) >= 11 is 0. The predicted molar refractivity (Wildman–Crippen MR) is 57.4 cm³/mol. The lowest BCUT2D eigenvalue weighted by molar-refractivity contribution is 0.957. The van der Waals surface area contributed by atoms with Crippen LogP contribution in [0.5, 0.6) is 0 Å².